The number of hydrogen-bond donors (Lipinski definition) is 0. The Bertz CT molecular complexity index is 763. The van der Waals surface area contributed by atoms with Crippen molar-refractivity contribution in [3.63, 3.8) is 0 Å². The van der Waals surface area contributed by atoms with Gasteiger partial charge in [-0.15, -0.1) is 13.2 Å². The van der Waals surface area contributed by atoms with Gasteiger partial charge in [0.15, 0.2) is 8.32 Å². The number of cyclic esters (lactones) is 1. The van der Waals surface area contributed by atoms with Crippen LogP contribution < -0.4 is 0 Å². The molecule has 0 N–H and O–H groups in total. The van der Waals surface area contributed by atoms with E-state index in [1.54, 1.807) is 14.2 Å². The number of methoxy groups -OCH3 is 2. The summed E-state index contributed by atoms with van der Waals surface area (Å²) >= 11 is 0. The van der Waals surface area contributed by atoms with Crippen molar-refractivity contribution in [1.29, 1.82) is 0 Å². The third kappa shape index (κ3) is 7.58. The van der Waals surface area contributed by atoms with E-state index in [1.807, 2.05) is 19.1 Å². The Hall–Kier alpha value is -1.03. The van der Waals surface area contributed by atoms with Crippen LogP contribution in [0.15, 0.2) is 25.3 Å². The van der Waals surface area contributed by atoms with Crippen LogP contribution in [0.3, 0.4) is 0 Å². The molecule has 220 valence electrons. The first-order valence-corrected chi connectivity index (χ1v) is 17.0. The lowest BCUT2D eigenvalue weighted by molar-refractivity contribution is -0.221. The lowest BCUT2D eigenvalue weighted by Crippen LogP contribution is -2.60. The van der Waals surface area contributed by atoms with E-state index in [0.717, 1.165) is 31.0 Å². The summed E-state index contributed by atoms with van der Waals surface area (Å²) in [5.74, 6) is -0.298. The van der Waals surface area contributed by atoms with Gasteiger partial charge in [0.2, 0.25) is 0 Å². The maximum atomic E-state index is 12.6. The molecule has 0 aromatic carbocycles. The number of carbonyl (C=O) groups is 1. The Kier molecular flexibility index (Phi) is 12.7. The molecule has 2 fully saturated rings. The molecule has 8 atom stereocenters. The molecule has 0 unspecified atom stereocenters. The first-order valence-electron chi connectivity index (χ1n) is 14.4. The van der Waals surface area contributed by atoms with E-state index in [9.17, 15) is 4.79 Å². The molecular weight excluding hydrogens is 500 g/mol. The van der Waals surface area contributed by atoms with Crippen molar-refractivity contribution in [1.82, 2.24) is 0 Å². The average Bonchev–Trinajstić information content (AvgIpc) is 3.28. The maximum absolute atomic E-state index is 12.6. The Morgan fingerprint density at radius 2 is 1.87 bits per heavy atom. The smallest absolute Gasteiger partial charge is 0.306 e. The zero-order valence-corrected chi connectivity index (χ0v) is 26.3. The lowest BCUT2D eigenvalue weighted by atomic mass is 9.77. The van der Waals surface area contributed by atoms with Gasteiger partial charge in [-0.2, -0.15) is 0 Å². The number of esters is 1. The second-order valence-corrected chi connectivity index (χ2v) is 16.3. The molecule has 2 heterocycles. The van der Waals surface area contributed by atoms with Gasteiger partial charge in [0.25, 0.3) is 0 Å². The quantitative estimate of drug-likeness (QED) is 0.0888. The number of rotatable bonds is 17. The normalized spacial score (nSPS) is 31.3. The van der Waals surface area contributed by atoms with Crippen molar-refractivity contribution in [2.24, 2.45) is 11.8 Å². The Morgan fingerprint density at radius 3 is 2.39 bits per heavy atom. The van der Waals surface area contributed by atoms with E-state index in [1.165, 1.54) is 0 Å². The molecular formula is C30H54O7Si. The zero-order chi connectivity index (χ0) is 28.6. The summed E-state index contributed by atoms with van der Waals surface area (Å²) in [5.41, 5.74) is -0.949. The molecule has 2 rings (SSSR count). The van der Waals surface area contributed by atoms with E-state index in [-0.39, 0.29) is 42.9 Å². The highest BCUT2D eigenvalue weighted by Gasteiger charge is 2.53. The van der Waals surface area contributed by atoms with Crippen molar-refractivity contribution < 1.29 is 32.9 Å². The van der Waals surface area contributed by atoms with Crippen LogP contribution >= 0.6 is 0 Å². The summed E-state index contributed by atoms with van der Waals surface area (Å²) in [6.07, 6.45) is 5.99. The molecule has 0 saturated carbocycles. The van der Waals surface area contributed by atoms with E-state index in [2.05, 4.69) is 47.8 Å². The van der Waals surface area contributed by atoms with Crippen molar-refractivity contribution in [2.75, 3.05) is 21.0 Å². The maximum Gasteiger partial charge on any atom is 0.306 e. The first-order chi connectivity index (χ1) is 18.0. The summed E-state index contributed by atoms with van der Waals surface area (Å²) in [4.78, 5) is 12.6. The van der Waals surface area contributed by atoms with Gasteiger partial charge in [-0.05, 0) is 57.7 Å². The van der Waals surface area contributed by atoms with Gasteiger partial charge in [0, 0.05) is 26.1 Å². The van der Waals surface area contributed by atoms with Crippen molar-refractivity contribution in [3.05, 3.63) is 25.3 Å². The van der Waals surface area contributed by atoms with Crippen molar-refractivity contribution >= 4 is 14.3 Å². The first kappa shape index (κ1) is 33.2. The van der Waals surface area contributed by atoms with Gasteiger partial charge in [0.05, 0.1) is 29.8 Å². The monoisotopic (exact) mass is 554 g/mol. The topological polar surface area (TPSA) is 72.5 Å². The number of hydrogen-bond acceptors (Lipinski definition) is 7. The van der Waals surface area contributed by atoms with E-state index in [4.69, 9.17) is 28.1 Å². The fourth-order valence-corrected chi connectivity index (χ4v) is 9.39. The lowest BCUT2D eigenvalue weighted by Gasteiger charge is -2.52. The summed E-state index contributed by atoms with van der Waals surface area (Å²) in [7, 11) is 1.39. The van der Waals surface area contributed by atoms with Crippen LogP contribution in [-0.2, 0) is 32.9 Å². The Morgan fingerprint density at radius 1 is 1.21 bits per heavy atom. The summed E-state index contributed by atoms with van der Waals surface area (Å²) in [6.45, 7) is 21.1. The highest BCUT2D eigenvalue weighted by molar-refractivity contribution is 6.73. The highest BCUT2D eigenvalue weighted by Crippen LogP contribution is 2.45. The molecule has 0 aliphatic carbocycles. The van der Waals surface area contributed by atoms with E-state index < -0.39 is 25.6 Å². The van der Waals surface area contributed by atoms with E-state index >= 15 is 0 Å². The van der Waals surface area contributed by atoms with Gasteiger partial charge in [-0.3, -0.25) is 4.79 Å². The molecule has 2 saturated heterocycles. The molecule has 0 bridgehead atoms. The van der Waals surface area contributed by atoms with Gasteiger partial charge < -0.3 is 28.1 Å². The van der Waals surface area contributed by atoms with Gasteiger partial charge in [-0.1, -0.05) is 39.8 Å². The van der Waals surface area contributed by atoms with Crippen LogP contribution in [0.4, 0.5) is 0 Å². The molecule has 38 heavy (non-hydrogen) atoms. The zero-order valence-electron chi connectivity index (χ0n) is 25.3. The minimum Gasteiger partial charge on any atom is -0.459 e. The number of carbonyl (C=O) groups excluding carboxylic acids is 1. The fraction of sp³-hybridized carbons (Fsp3) is 0.833. The van der Waals surface area contributed by atoms with Crippen molar-refractivity contribution in [2.45, 2.75) is 127 Å². The molecule has 2 aliphatic heterocycles. The molecule has 0 aromatic rings. The van der Waals surface area contributed by atoms with Gasteiger partial charge in [0.1, 0.15) is 19.0 Å². The Balaban J connectivity index is 2.44. The number of ether oxygens (including phenoxy) is 5. The van der Waals surface area contributed by atoms with Crippen LogP contribution in [0.5, 0.6) is 0 Å². The molecule has 7 nitrogen and oxygen atoms in total. The second-order valence-electron chi connectivity index (χ2n) is 11.6. The third-order valence-corrected chi connectivity index (χ3v) is 14.0. The third-order valence-electron chi connectivity index (χ3n) is 9.26. The van der Waals surface area contributed by atoms with Crippen LogP contribution in [0.25, 0.3) is 0 Å². The molecule has 8 heteroatoms. The summed E-state index contributed by atoms with van der Waals surface area (Å²) < 4.78 is 37.3. The molecule has 2 aliphatic rings. The summed E-state index contributed by atoms with van der Waals surface area (Å²) in [6, 6.07) is 3.19. The summed E-state index contributed by atoms with van der Waals surface area (Å²) in [5, 5.41) is 0. The minimum absolute atomic E-state index is 0.0177. The second kappa shape index (κ2) is 14.6. The Labute approximate surface area is 232 Å². The minimum atomic E-state index is -1.94. The highest BCUT2D eigenvalue weighted by atomic mass is 28.4. The predicted molar refractivity (Wildman–Crippen MR) is 154 cm³/mol. The molecule has 0 radical (unpaired) electrons. The standard InChI is InChI=1S/C30H54O7Si/c1-11-17-29(7,33-10)24-16-18-30(8,37-38(13-3,14-4)15-5)25(35-24)19-23-20-26(31)36-28(23)27(22(6)12-2)34-21-32-9/h11-12,22-25,27-28H,1-2,13-21H2,3-10H3/t22-,23-,24+,25+,27+,28+,29-,30+/m0/s1. The molecule has 0 amide bonds. The van der Waals surface area contributed by atoms with Gasteiger partial charge >= 0.3 is 5.97 Å². The molecule has 0 aromatic heterocycles. The fourth-order valence-electron chi connectivity index (χ4n) is 6.23. The van der Waals surface area contributed by atoms with Crippen molar-refractivity contribution in [3.8, 4) is 0 Å². The molecule has 0 spiro atoms. The predicted octanol–water partition coefficient (Wildman–Crippen LogP) is 6.43. The SMILES string of the molecule is C=CC[C@](C)(OC)[C@H]1CC[C@@](C)(O[Si](CC)(CC)CC)[C@@H](C[C@H]2CC(=O)O[C@H]2[C@H](OCOC)[C@@H](C)C=C)O1. The van der Waals surface area contributed by atoms with Crippen LogP contribution in [0.2, 0.25) is 18.1 Å². The van der Waals surface area contributed by atoms with Crippen LogP contribution in [-0.4, -0.2) is 70.9 Å². The van der Waals surface area contributed by atoms with Crippen LogP contribution in [0, 0.1) is 11.8 Å². The average molecular weight is 555 g/mol. The van der Waals surface area contributed by atoms with Gasteiger partial charge in [-0.25, -0.2) is 0 Å². The van der Waals surface area contributed by atoms with Crippen LogP contribution in [0.1, 0.15) is 73.6 Å². The van der Waals surface area contributed by atoms with E-state index in [0.29, 0.717) is 19.3 Å². The largest absolute Gasteiger partial charge is 0.459 e.